The van der Waals surface area contributed by atoms with Gasteiger partial charge in [0.25, 0.3) is 11.1 Å². The molecule has 0 unspecified atom stereocenters. The summed E-state index contributed by atoms with van der Waals surface area (Å²) in [5.41, 5.74) is 2.11. The van der Waals surface area contributed by atoms with Crippen molar-refractivity contribution in [3.63, 3.8) is 0 Å². The molecule has 0 bridgehead atoms. The number of amides is 2. The summed E-state index contributed by atoms with van der Waals surface area (Å²) >= 11 is 13.8. The lowest BCUT2D eigenvalue weighted by atomic mass is 10.1. The van der Waals surface area contributed by atoms with Crippen LogP contribution >= 0.6 is 55.2 Å². The van der Waals surface area contributed by atoms with Crippen LogP contribution in [0.4, 0.5) is 4.79 Å². The number of rotatable bonds is 7. The van der Waals surface area contributed by atoms with E-state index in [9.17, 15) is 14.4 Å². The van der Waals surface area contributed by atoms with Gasteiger partial charge in [-0.1, -0.05) is 54.1 Å². The molecule has 1 heterocycles. The van der Waals surface area contributed by atoms with E-state index in [1.165, 1.54) is 0 Å². The van der Waals surface area contributed by atoms with E-state index >= 15 is 0 Å². The molecular formula is C25H16Br2ClNO4S. The lowest BCUT2D eigenvalue weighted by Crippen LogP contribution is -2.33. The van der Waals surface area contributed by atoms with Gasteiger partial charge in [0.1, 0.15) is 12.4 Å². The Morgan fingerprint density at radius 1 is 1.00 bits per heavy atom. The maximum Gasteiger partial charge on any atom is 0.293 e. The number of carbonyl (C=O) groups excluding carboxylic acids is 3. The Morgan fingerprint density at radius 3 is 2.29 bits per heavy atom. The second-order valence-electron chi connectivity index (χ2n) is 7.29. The zero-order valence-electron chi connectivity index (χ0n) is 17.5. The number of hydrogen-bond donors (Lipinski definition) is 0. The highest BCUT2D eigenvalue weighted by atomic mass is 79.9. The summed E-state index contributed by atoms with van der Waals surface area (Å²) in [6, 6.07) is 19.5. The number of thioether (sulfide) groups is 1. The van der Waals surface area contributed by atoms with Crippen LogP contribution in [-0.2, 0) is 11.4 Å². The van der Waals surface area contributed by atoms with Crippen molar-refractivity contribution >= 4 is 78.2 Å². The van der Waals surface area contributed by atoms with Crippen molar-refractivity contribution in [1.29, 1.82) is 0 Å². The van der Waals surface area contributed by atoms with Crippen LogP contribution in [0.5, 0.6) is 5.75 Å². The van der Waals surface area contributed by atoms with E-state index in [1.807, 2.05) is 12.1 Å². The van der Waals surface area contributed by atoms with Crippen LogP contribution < -0.4 is 4.74 Å². The molecule has 1 aliphatic rings. The third kappa shape index (κ3) is 5.81. The van der Waals surface area contributed by atoms with Gasteiger partial charge in [-0.2, -0.15) is 0 Å². The van der Waals surface area contributed by atoms with Gasteiger partial charge in [-0.05, 0) is 85.1 Å². The zero-order chi connectivity index (χ0) is 24.2. The fraction of sp³-hybridized carbons (Fsp3) is 0.0800. The molecule has 0 saturated carbocycles. The Kier molecular flexibility index (Phi) is 7.93. The number of halogens is 3. The molecule has 1 saturated heterocycles. The predicted octanol–water partition coefficient (Wildman–Crippen LogP) is 7.36. The first kappa shape index (κ1) is 24.7. The van der Waals surface area contributed by atoms with Crippen LogP contribution in [-0.4, -0.2) is 28.4 Å². The first-order valence-electron chi connectivity index (χ1n) is 10.0. The summed E-state index contributed by atoms with van der Waals surface area (Å²) in [7, 11) is 0. The topological polar surface area (TPSA) is 63.7 Å². The molecule has 2 amide bonds. The number of hydrogen-bond acceptors (Lipinski definition) is 5. The van der Waals surface area contributed by atoms with Crippen molar-refractivity contribution in [2.75, 3.05) is 6.54 Å². The molecule has 0 aliphatic carbocycles. The van der Waals surface area contributed by atoms with E-state index in [2.05, 4.69) is 31.9 Å². The van der Waals surface area contributed by atoms with Crippen LogP contribution in [0.2, 0.25) is 5.02 Å². The normalized spacial score (nSPS) is 14.7. The second kappa shape index (κ2) is 10.9. The van der Waals surface area contributed by atoms with Crippen molar-refractivity contribution < 1.29 is 19.1 Å². The van der Waals surface area contributed by atoms with Crippen molar-refractivity contribution in [3.05, 3.63) is 102 Å². The predicted molar refractivity (Wildman–Crippen MR) is 141 cm³/mol. The van der Waals surface area contributed by atoms with Crippen LogP contribution in [0, 0.1) is 0 Å². The Labute approximate surface area is 222 Å². The van der Waals surface area contributed by atoms with Gasteiger partial charge in [0.05, 0.1) is 20.4 Å². The highest BCUT2D eigenvalue weighted by molar-refractivity contribution is 9.11. The minimum Gasteiger partial charge on any atom is -0.487 e. The maximum absolute atomic E-state index is 12.8. The molecular weight excluding hydrogens is 606 g/mol. The highest BCUT2D eigenvalue weighted by Crippen LogP contribution is 2.38. The number of ether oxygens (including phenoxy) is 1. The van der Waals surface area contributed by atoms with E-state index in [4.69, 9.17) is 16.3 Å². The van der Waals surface area contributed by atoms with Gasteiger partial charge in [0.2, 0.25) is 0 Å². The molecule has 34 heavy (non-hydrogen) atoms. The van der Waals surface area contributed by atoms with Crippen molar-refractivity contribution in [1.82, 2.24) is 4.90 Å². The molecule has 0 aromatic heterocycles. The van der Waals surface area contributed by atoms with Gasteiger partial charge in [-0.15, -0.1) is 0 Å². The molecule has 9 heteroatoms. The van der Waals surface area contributed by atoms with Crippen LogP contribution in [0.1, 0.15) is 21.5 Å². The van der Waals surface area contributed by atoms with Crippen LogP contribution in [0.25, 0.3) is 6.08 Å². The molecule has 0 radical (unpaired) electrons. The van der Waals surface area contributed by atoms with E-state index in [1.54, 1.807) is 60.7 Å². The summed E-state index contributed by atoms with van der Waals surface area (Å²) in [6.45, 7) is 0.0545. The fourth-order valence-electron chi connectivity index (χ4n) is 3.18. The first-order valence-corrected chi connectivity index (χ1v) is 12.8. The van der Waals surface area contributed by atoms with Gasteiger partial charge in [-0.3, -0.25) is 19.3 Å². The first-order chi connectivity index (χ1) is 16.3. The highest BCUT2D eigenvalue weighted by Gasteiger charge is 2.36. The number of nitrogens with zero attached hydrogens (tertiary/aromatic N) is 1. The second-order valence-corrected chi connectivity index (χ2v) is 10.4. The molecule has 3 aromatic carbocycles. The fourth-order valence-corrected chi connectivity index (χ4v) is 5.60. The minimum atomic E-state index is -0.491. The van der Waals surface area contributed by atoms with Crippen LogP contribution in [0.3, 0.4) is 0 Å². The zero-order valence-corrected chi connectivity index (χ0v) is 22.2. The minimum absolute atomic E-state index is 0.250. The van der Waals surface area contributed by atoms with Crippen molar-refractivity contribution in [2.24, 2.45) is 0 Å². The molecule has 0 N–H and O–H groups in total. The van der Waals surface area contributed by atoms with Crippen molar-refractivity contribution in [2.45, 2.75) is 6.61 Å². The number of ketones is 1. The molecule has 1 fully saturated rings. The van der Waals surface area contributed by atoms with Gasteiger partial charge in [0.15, 0.2) is 5.78 Å². The number of benzene rings is 3. The smallest absolute Gasteiger partial charge is 0.293 e. The van der Waals surface area contributed by atoms with E-state index in [0.29, 0.717) is 37.5 Å². The van der Waals surface area contributed by atoms with Crippen LogP contribution in [0.15, 0.2) is 80.6 Å². The average Bonchev–Trinajstić information content (AvgIpc) is 3.07. The molecule has 172 valence electrons. The third-order valence-electron chi connectivity index (χ3n) is 4.89. The lowest BCUT2D eigenvalue weighted by Gasteiger charge is -2.12. The Morgan fingerprint density at radius 2 is 1.65 bits per heavy atom. The number of imide groups is 1. The number of carbonyl (C=O) groups is 3. The Balaban J connectivity index is 1.47. The molecule has 1 aliphatic heterocycles. The summed E-state index contributed by atoms with van der Waals surface area (Å²) in [4.78, 5) is 38.9. The molecule has 0 spiro atoms. The monoisotopic (exact) mass is 619 g/mol. The molecule has 3 aromatic rings. The van der Waals surface area contributed by atoms with Gasteiger partial charge < -0.3 is 4.74 Å². The molecule has 5 nitrogen and oxygen atoms in total. The summed E-state index contributed by atoms with van der Waals surface area (Å²) in [6.07, 6.45) is 1.62. The third-order valence-corrected chi connectivity index (χ3v) is 7.22. The summed E-state index contributed by atoms with van der Waals surface area (Å²) in [5.74, 6) is -0.180. The summed E-state index contributed by atoms with van der Waals surface area (Å²) < 4.78 is 7.29. The summed E-state index contributed by atoms with van der Waals surface area (Å²) in [5, 5.41) is 0.186. The van der Waals surface area contributed by atoms with E-state index in [0.717, 1.165) is 22.2 Å². The van der Waals surface area contributed by atoms with Gasteiger partial charge in [-0.25, -0.2) is 0 Å². The standard InChI is InChI=1S/C25H16Br2ClNO4S/c26-19-10-16(11-20(27)23(19)33-14-15-6-8-18(28)9-7-15)12-22-24(31)29(25(32)34-22)13-21(30)17-4-2-1-3-5-17/h1-12H,13-14H2/b22-12+. The quantitative estimate of drug-likeness (QED) is 0.204. The Bertz CT molecular complexity index is 1270. The SMILES string of the molecule is O=C(CN1C(=O)S/C(=C/c2cc(Br)c(OCc3ccc(Cl)cc3)c(Br)c2)C1=O)c1ccccc1. The lowest BCUT2D eigenvalue weighted by molar-refractivity contribution is -0.122. The molecule has 0 atom stereocenters. The number of Topliss-reactive ketones (excluding diaryl/α,β-unsaturated/α-hetero) is 1. The maximum atomic E-state index is 12.8. The Hall–Kier alpha value is -2.39. The average molecular weight is 622 g/mol. The van der Waals surface area contributed by atoms with Gasteiger partial charge in [0, 0.05) is 10.6 Å². The molecule has 4 rings (SSSR count). The van der Waals surface area contributed by atoms with Crippen molar-refractivity contribution in [3.8, 4) is 5.75 Å². The van der Waals surface area contributed by atoms with E-state index in [-0.39, 0.29) is 17.2 Å². The van der Waals surface area contributed by atoms with Gasteiger partial charge >= 0.3 is 0 Å². The van der Waals surface area contributed by atoms with E-state index < -0.39 is 11.1 Å². The largest absolute Gasteiger partial charge is 0.487 e.